The molecule has 0 spiro atoms. The van der Waals surface area contributed by atoms with Crippen LogP contribution in [0.2, 0.25) is 0 Å². The first kappa shape index (κ1) is 12.8. The molecule has 0 aliphatic rings. The Bertz CT molecular complexity index is 681. The highest BCUT2D eigenvalue weighted by Gasteiger charge is 2.18. The van der Waals surface area contributed by atoms with E-state index in [2.05, 4.69) is 15.1 Å². The second-order valence-electron chi connectivity index (χ2n) is 3.26. The molecule has 2 aromatic rings. The first-order valence-corrected chi connectivity index (χ1v) is 7.44. The van der Waals surface area contributed by atoms with Crippen LogP contribution in [-0.4, -0.2) is 34.4 Å². The van der Waals surface area contributed by atoms with Crippen LogP contribution < -0.4 is 10.9 Å². The molecule has 0 saturated heterocycles. The summed E-state index contributed by atoms with van der Waals surface area (Å²) in [5.41, 5.74) is 5.90. The van der Waals surface area contributed by atoms with Crippen molar-refractivity contribution in [2.45, 2.75) is 10.1 Å². The fourth-order valence-corrected chi connectivity index (χ4v) is 2.34. The third-order valence-electron chi connectivity index (χ3n) is 2.09. The van der Waals surface area contributed by atoms with Crippen LogP contribution in [0.5, 0.6) is 0 Å². The van der Waals surface area contributed by atoms with Crippen LogP contribution >= 0.6 is 11.8 Å². The normalized spacial score (nSPS) is 11.7. The maximum atomic E-state index is 11.4. The Morgan fingerprint density at radius 1 is 1.44 bits per heavy atom. The van der Waals surface area contributed by atoms with E-state index in [0.29, 0.717) is 5.16 Å². The number of nitrogens with zero attached hydrogens (tertiary/aromatic N) is 4. The zero-order valence-electron chi connectivity index (χ0n) is 9.31. The maximum Gasteiger partial charge on any atom is 0.241 e. The molecule has 0 fully saturated rings. The molecule has 8 nitrogen and oxygen atoms in total. The van der Waals surface area contributed by atoms with Crippen molar-refractivity contribution in [2.24, 2.45) is 5.14 Å². The number of nitrogens with two attached hydrogens (primary N) is 2. The van der Waals surface area contributed by atoms with E-state index in [1.807, 2.05) is 0 Å². The van der Waals surface area contributed by atoms with Crippen molar-refractivity contribution < 1.29 is 8.42 Å². The van der Waals surface area contributed by atoms with Crippen LogP contribution in [0, 0.1) is 0 Å². The van der Waals surface area contributed by atoms with Gasteiger partial charge in [-0.25, -0.2) is 13.6 Å². The second kappa shape index (κ2) is 4.55. The third kappa shape index (κ3) is 2.30. The summed E-state index contributed by atoms with van der Waals surface area (Å²) in [6.45, 7) is 0. The topological polar surface area (TPSA) is 130 Å². The highest BCUT2D eigenvalue weighted by atomic mass is 32.2. The highest BCUT2D eigenvalue weighted by Crippen LogP contribution is 2.21. The molecule has 0 aliphatic heterocycles. The quantitative estimate of drug-likeness (QED) is 0.735. The van der Waals surface area contributed by atoms with Gasteiger partial charge in [0.15, 0.2) is 0 Å². The van der Waals surface area contributed by atoms with E-state index in [1.54, 1.807) is 6.26 Å². The van der Waals surface area contributed by atoms with Crippen molar-refractivity contribution in [1.82, 2.24) is 19.7 Å². The summed E-state index contributed by atoms with van der Waals surface area (Å²) in [7, 11) is -3.91. The monoisotopic (exact) mass is 286 g/mol. The minimum absolute atomic E-state index is 0.0791. The number of anilines is 1. The van der Waals surface area contributed by atoms with Gasteiger partial charge in [0.25, 0.3) is 0 Å². The van der Waals surface area contributed by atoms with E-state index >= 15 is 0 Å². The molecule has 0 amide bonds. The first-order chi connectivity index (χ1) is 8.43. The summed E-state index contributed by atoms with van der Waals surface area (Å²) < 4.78 is 24.1. The van der Waals surface area contributed by atoms with Crippen molar-refractivity contribution in [3.8, 4) is 5.69 Å². The number of hydrogen-bond donors (Lipinski definition) is 2. The lowest BCUT2D eigenvalue weighted by atomic mass is 10.4. The lowest BCUT2D eigenvalue weighted by Gasteiger charge is -2.06. The molecule has 0 aromatic carbocycles. The SMILES string of the molecule is CSc1nc(N)n(-c2ccncc2S(N)(=O)=O)n1. The molecule has 2 aromatic heterocycles. The van der Waals surface area contributed by atoms with Gasteiger partial charge in [0.2, 0.25) is 21.1 Å². The molecule has 0 atom stereocenters. The third-order valence-corrected chi connectivity index (χ3v) is 3.56. The zero-order chi connectivity index (χ0) is 13.3. The van der Waals surface area contributed by atoms with Crippen LogP contribution in [0.1, 0.15) is 0 Å². The molecule has 0 unspecified atom stereocenters. The van der Waals surface area contributed by atoms with Crippen LogP contribution in [0.3, 0.4) is 0 Å². The van der Waals surface area contributed by atoms with Crippen molar-refractivity contribution in [1.29, 1.82) is 0 Å². The fraction of sp³-hybridized carbons (Fsp3) is 0.125. The number of sulfonamides is 1. The lowest BCUT2D eigenvalue weighted by Crippen LogP contribution is -2.16. The minimum Gasteiger partial charge on any atom is -0.368 e. The smallest absolute Gasteiger partial charge is 0.241 e. The molecule has 0 saturated carbocycles. The average Bonchev–Trinajstić information content (AvgIpc) is 2.69. The molecule has 0 bridgehead atoms. The van der Waals surface area contributed by atoms with E-state index in [0.717, 1.165) is 6.20 Å². The summed E-state index contributed by atoms with van der Waals surface area (Å²) in [5.74, 6) is 0.0791. The molecule has 0 aliphatic carbocycles. The average molecular weight is 286 g/mol. The van der Waals surface area contributed by atoms with E-state index < -0.39 is 10.0 Å². The van der Waals surface area contributed by atoms with Gasteiger partial charge in [-0.05, 0) is 12.3 Å². The zero-order valence-corrected chi connectivity index (χ0v) is 10.9. The van der Waals surface area contributed by atoms with Gasteiger partial charge in [-0.2, -0.15) is 9.67 Å². The fourth-order valence-electron chi connectivity index (χ4n) is 1.34. The Labute approximate surface area is 107 Å². The highest BCUT2D eigenvalue weighted by molar-refractivity contribution is 7.98. The molecular formula is C8H10N6O2S2. The van der Waals surface area contributed by atoms with Crippen molar-refractivity contribution >= 4 is 27.7 Å². The molecular weight excluding hydrogens is 276 g/mol. The molecule has 2 heterocycles. The molecule has 96 valence electrons. The van der Waals surface area contributed by atoms with Crippen molar-refractivity contribution in [2.75, 3.05) is 12.0 Å². The van der Waals surface area contributed by atoms with Gasteiger partial charge in [0.1, 0.15) is 4.90 Å². The number of aromatic nitrogens is 4. The second-order valence-corrected chi connectivity index (χ2v) is 5.56. The van der Waals surface area contributed by atoms with E-state index in [1.165, 1.54) is 28.7 Å². The Kier molecular flexibility index (Phi) is 3.24. The largest absolute Gasteiger partial charge is 0.368 e. The first-order valence-electron chi connectivity index (χ1n) is 4.67. The Morgan fingerprint density at radius 2 is 2.17 bits per heavy atom. The summed E-state index contributed by atoms with van der Waals surface area (Å²) in [6, 6.07) is 1.45. The van der Waals surface area contributed by atoms with Crippen LogP contribution in [0.25, 0.3) is 5.69 Å². The van der Waals surface area contributed by atoms with Gasteiger partial charge in [-0.3, -0.25) is 4.98 Å². The number of thioether (sulfide) groups is 1. The summed E-state index contributed by atoms with van der Waals surface area (Å²) >= 11 is 1.29. The van der Waals surface area contributed by atoms with E-state index in [9.17, 15) is 8.42 Å². The van der Waals surface area contributed by atoms with Crippen molar-refractivity contribution in [3.05, 3.63) is 18.5 Å². The number of rotatable bonds is 3. The number of nitrogen functional groups attached to an aromatic ring is 1. The number of pyridine rings is 1. The predicted octanol–water partition coefficient (Wildman–Crippen LogP) is -0.386. The Morgan fingerprint density at radius 3 is 2.72 bits per heavy atom. The van der Waals surface area contributed by atoms with E-state index in [4.69, 9.17) is 10.9 Å². The van der Waals surface area contributed by atoms with Gasteiger partial charge < -0.3 is 5.73 Å². The molecule has 0 radical (unpaired) electrons. The maximum absolute atomic E-state index is 11.4. The number of hydrogen-bond acceptors (Lipinski definition) is 7. The Hall–Kier alpha value is -1.65. The number of primary sulfonamides is 1. The molecule has 4 N–H and O–H groups in total. The standard InChI is InChI=1S/C8H10N6O2S2/c1-17-8-12-7(9)14(13-8)5-2-3-11-4-6(5)18(10,15)16/h2-4H,1H3,(H2,9,12,13)(H2,10,15,16). The van der Waals surface area contributed by atoms with Gasteiger partial charge in [-0.1, -0.05) is 11.8 Å². The van der Waals surface area contributed by atoms with Crippen molar-refractivity contribution in [3.63, 3.8) is 0 Å². The van der Waals surface area contributed by atoms with Gasteiger partial charge >= 0.3 is 0 Å². The van der Waals surface area contributed by atoms with E-state index in [-0.39, 0.29) is 16.5 Å². The van der Waals surface area contributed by atoms with Crippen LogP contribution in [0.15, 0.2) is 28.5 Å². The Balaban J connectivity index is 2.68. The van der Waals surface area contributed by atoms with Gasteiger partial charge in [0.05, 0.1) is 5.69 Å². The predicted molar refractivity (Wildman–Crippen MR) is 66.7 cm³/mol. The minimum atomic E-state index is -3.91. The summed E-state index contributed by atoms with van der Waals surface area (Å²) in [6.07, 6.45) is 4.35. The molecule has 18 heavy (non-hydrogen) atoms. The van der Waals surface area contributed by atoms with Gasteiger partial charge in [0, 0.05) is 12.4 Å². The lowest BCUT2D eigenvalue weighted by molar-refractivity contribution is 0.596. The van der Waals surface area contributed by atoms with Crippen LogP contribution in [-0.2, 0) is 10.0 Å². The van der Waals surface area contributed by atoms with Crippen LogP contribution in [0.4, 0.5) is 5.95 Å². The summed E-state index contributed by atoms with van der Waals surface area (Å²) in [5, 5.41) is 9.61. The molecule has 2 rings (SSSR count). The van der Waals surface area contributed by atoms with Gasteiger partial charge in [-0.15, -0.1) is 5.10 Å². The summed E-state index contributed by atoms with van der Waals surface area (Å²) in [4.78, 5) is 7.53. The molecule has 10 heteroatoms.